The molecule has 0 fully saturated rings. The molecule has 0 unspecified atom stereocenters. The summed E-state index contributed by atoms with van der Waals surface area (Å²) in [6.07, 6.45) is 1.51. The molecule has 5 heteroatoms. The molecule has 20 heavy (non-hydrogen) atoms. The molecule has 0 heterocycles. The zero-order chi connectivity index (χ0) is 14.7. The van der Waals surface area contributed by atoms with Crippen LogP contribution in [0.1, 0.15) is 16.7 Å². The zero-order valence-corrected chi connectivity index (χ0v) is 11.2. The fraction of sp³-hybridized carbons (Fsp3) is 0.133. The molecule has 0 radical (unpaired) electrons. The van der Waals surface area contributed by atoms with E-state index in [1.807, 2.05) is 6.92 Å². The van der Waals surface area contributed by atoms with Crippen LogP contribution in [-0.2, 0) is 0 Å². The summed E-state index contributed by atoms with van der Waals surface area (Å²) in [5.41, 5.74) is 2.63. The summed E-state index contributed by atoms with van der Waals surface area (Å²) in [7, 11) is 0. The van der Waals surface area contributed by atoms with Gasteiger partial charge in [0.25, 0.3) is 5.69 Å². The maximum atomic E-state index is 10.9. The van der Waals surface area contributed by atoms with Crippen molar-refractivity contribution in [2.45, 2.75) is 13.8 Å². The number of phenols is 1. The van der Waals surface area contributed by atoms with Crippen molar-refractivity contribution in [3.63, 3.8) is 0 Å². The van der Waals surface area contributed by atoms with Gasteiger partial charge < -0.3 is 5.11 Å². The standard InChI is InChI=1S/C15H14N2O3/c1-10-6-7-15(18)12(8-10)9-16-13-4-3-5-14(11(13)2)17(19)20/h3-9,18H,1-2H3. The number of hydrogen-bond donors (Lipinski definition) is 1. The van der Waals surface area contributed by atoms with Gasteiger partial charge >= 0.3 is 0 Å². The van der Waals surface area contributed by atoms with E-state index >= 15 is 0 Å². The number of nitrogens with zero attached hydrogens (tertiary/aromatic N) is 2. The highest BCUT2D eigenvalue weighted by atomic mass is 16.6. The van der Waals surface area contributed by atoms with Crippen LogP contribution in [-0.4, -0.2) is 16.2 Å². The highest BCUT2D eigenvalue weighted by molar-refractivity contribution is 5.86. The lowest BCUT2D eigenvalue weighted by atomic mass is 10.1. The number of nitro groups is 1. The molecule has 102 valence electrons. The zero-order valence-electron chi connectivity index (χ0n) is 11.2. The second-order valence-electron chi connectivity index (χ2n) is 4.50. The quantitative estimate of drug-likeness (QED) is 0.525. The minimum atomic E-state index is -0.432. The molecule has 2 aromatic carbocycles. The highest BCUT2D eigenvalue weighted by Crippen LogP contribution is 2.27. The molecule has 0 saturated heterocycles. The van der Waals surface area contributed by atoms with Gasteiger partial charge in [-0.25, -0.2) is 0 Å². The van der Waals surface area contributed by atoms with Gasteiger partial charge in [-0.3, -0.25) is 15.1 Å². The summed E-state index contributed by atoms with van der Waals surface area (Å²) in [6, 6.07) is 9.92. The fourth-order valence-corrected chi connectivity index (χ4v) is 1.87. The summed E-state index contributed by atoms with van der Waals surface area (Å²) in [4.78, 5) is 14.7. The number of aliphatic imine (C=N–C) groups is 1. The Morgan fingerprint density at radius 3 is 2.70 bits per heavy atom. The highest BCUT2D eigenvalue weighted by Gasteiger charge is 2.12. The average Bonchev–Trinajstić information content (AvgIpc) is 2.41. The van der Waals surface area contributed by atoms with Crippen LogP contribution in [0, 0.1) is 24.0 Å². The maximum absolute atomic E-state index is 10.9. The number of phenolic OH excluding ortho intramolecular Hbond substituents is 1. The van der Waals surface area contributed by atoms with Gasteiger partial charge in [0.15, 0.2) is 0 Å². The number of aromatic hydroxyl groups is 1. The molecule has 0 aliphatic carbocycles. The van der Waals surface area contributed by atoms with Crippen molar-refractivity contribution in [2.75, 3.05) is 0 Å². The minimum Gasteiger partial charge on any atom is -0.507 e. The molecule has 5 nitrogen and oxygen atoms in total. The molecular formula is C15H14N2O3. The van der Waals surface area contributed by atoms with Crippen molar-refractivity contribution < 1.29 is 10.0 Å². The summed E-state index contributed by atoms with van der Waals surface area (Å²) < 4.78 is 0. The SMILES string of the molecule is Cc1ccc(O)c(C=Nc2cccc([N+](=O)[O-])c2C)c1. The van der Waals surface area contributed by atoms with Gasteiger partial charge in [-0.1, -0.05) is 17.7 Å². The Kier molecular flexibility index (Phi) is 3.79. The molecule has 0 atom stereocenters. The molecule has 0 aliphatic heterocycles. The predicted octanol–water partition coefficient (Wildman–Crippen LogP) is 3.67. The van der Waals surface area contributed by atoms with Crippen molar-refractivity contribution in [1.82, 2.24) is 0 Å². The van der Waals surface area contributed by atoms with Gasteiger partial charge in [0.1, 0.15) is 5.75 Å². The third-order valence-electron chi connectivity index (χ3n) is 3.00. The Hall–Kier alpha value is -2.69. The Morgan fingerprint density at radius 1 is 1.25 bits per heavy atom. The van der Waals surface area contributed by atoms with Crippen molar-refractivity contribution in [3.05, 3.63) is 63.2 Å². The Balaban J connectivity index is 2.39. The number of aryl methyl sites for hydroxylation is 1. The summed E-state index contributed by atoms with van der Waals surface area (Å²) in [6.45, 7) is 3.57. The molecule has 0 spiro atoms. The smallest absolute Gasteiger partial charge is 0.274 e. The first kappa shape index (κ1) is 13.7. The second-order valence-corrected chi connectivity index (χ2v) is 4.50. The van der Waals surface area contributed by atoms with E-state index in [-0.39, 0.29) is 11.4 Å². The van der Waals surface area contributed by atoms with Crippen LogP contribution in [0.15, 0.2) is 41.4 Å². The van der Waals surface area contributed by atoms with Gasteiger partial charge in [-0.05, 0) is 32.0 Å². The van der Waals surface area contributed by atoms with Crippen LogP contribution in [0.25, 0.3) is 0 Å². The van der Waals surface area contributed by atoms with Crippen LogP contribution in [0.3, 0.4) is 0 Å². The second kappa shape index (κ2) is 5.52. The van der Waals surface area contributed by atoms with Crippen LogP contribution < -0.4 is 0 Å². The van der Waals surface area contributed by atoms with Crippen LogP contribution >= 0.6 is 0 Å². The lowest BCUT2D eigenvalue weighted by Gasteiger charge is -2.02. The average molecular weight is 270 g/mol. The number of rotatable bonds is 3. The lowest BCUT2D eigenvalue weighted by Crippen LogP contribution is -1.91. The summed E-state index contributed by atoms with van der Waals surface area (Å²) >= 11 is 0. The molecular weight excluding hydrogens is 256 g/mol. The third kappa shape index (κ3) is 2.83. The van der Waals surface area contributed by atoms with E-state index in [4.69, 9.17) is 0 Å². The van der Waals surface area contributed by atoms with Crippen LogP contribution in [0.4, 0.5) is 11.4 Å². The molecule has 0 saturated carbocycles. The molecule has 0 aliphatic rings. The maximum Gasteiger partial charge on any atom is 0.274 e. The number of hydrogen-bond acceptors (Lipinski definition) is 4. The Labute approximate surface area is 116 Å². The summed E-state index contributed by atoms with van der Waals surface area (Å²) in [5, 5.41) is 20.6. The molecule has 1 N–H and O–H groups in total. The van der Waals surface area contributed by atoms with E-state index in [1.165, 1.54) is 12.3 Å². The van der Waals surface area contributed by atoms with Gasteiger partial charge in [-0.2, -0.15) is 0 Å². The van der Waals surface area contributed by atoms with E-state index in [0.29, 0.717) is 16.8 Å². The molecule has 0 bridgehead atoms. The van der Waals surface area contributed by atoms with Gasteiger partial charge in [0.05, 0.1) is 16.2 Å². The van der Waals surface area contributed by atoms with Crippen LogP contribution in [0.5, 0.6) is 5.75 Å². The van der Waals surface area contributed by atoms with E-state index in [2.05, 4.69) is 4.99 Å². The van der Waals surface area contributed by atoms with Crippen molar-refractivity contribution in [1.29, 1.82) is 0 Å². The molecule has 0 aromatic heterocycles. The number of nitro benzene ring substituents is 1. The van der Waals surface area contributed by atoms with Gasteiger partial charge in [-0.15, -0.1) is 0 Å². The van der Waals surface area contributed by atoms with Gasteiger partial charge in [0.2, 0.25) is 0 Å². The van der Waals surface area contributed by atoms with E-state index in [0.717, 1.165) is 5.56 Å². The number of benzene rings is 2. The van der Waals surface area contributed by atoms with Crippen molar-refractivity contribution in [3.8, 4) is 5.75 Å². The molecule has 0 amide bonds. The minimum absolute atomic E-state index is 0.0353. The normalized spacial score (nSPS) is 10.9. The lowest BCUT2D eigenvalue weighted by molar-refractivity contribution is -0.385. The largest absolute Gasteiger partial charge is 0.507 e. The third-order valence-corrected chi connectivity index (χ3v) is 3.00. The fourth-order valence-electron chi connectivity index (χ4n) is 1.87. The Morgan fingerprint density at radius 2 is 2.00 bits per heavy atom. The van der Waals surface area contributed by atoms with E-state index in [9.17, 15) is 15.2 Å². The van der Waals surface area contributed by atoms with E-state index < -0.39 is 4.92 Å². The molecule has 2 rings (SSSR count). The topological polar surface area (TPSA) is 75.7 Å². The van der Waals surface area contributed by atoms with Gasteiger partial charge in [0, 0.05) is 17.8 Å². The predicted molar refractivity (Wildman–Crippen MR) is 77.9 cm³/mol. The Bertz CT molecular complexity index is 694. The monoisotopic (exact) mass is 270 g/mol. The van der Waals surface area contributed by atoms with E-state index in [1.54, 1.807) is 37.3 Å². The molecule has 2 aromatic rings. The first-order valence-electron chi connectivity index (χ1n) is 6.06. The summed E-state index contributed by atoms with van der Waals surface area (Å²) in [5.74, 6) is 0.127. The first-order valence-corrected chi connectivity index (χ1v) is 6.06. The van der Waals surface area contributed by atoms with Crippen molar-refractivity contribution >= 4 is 17.6 Å². The van der Waals surface area contributed by atoms with Crippen molar-refractivity contribution in [2.24, 2.45) is 4.99 Å². The first-order chi connectivity index (χ1) is 9.49. The van der Waals surface area contributed by atoms with Crippen LogP contribution in [0.2, 0.25) is 0 Å².